The van der Waals surface area contributed by atoms with Crippen LogP contribution in [0.1, 0.15) is 38.9 Å². The monoisotopic (exact) mass is 265 g/mol. The van der Waals surface area contributed by atoms with Crippen molar-refractivity contribution in [1.29, 1.82) is 0 Å². The average Bonchev–Trinajstić information content (AvgIpc) is 2.41. The molecule has 1 heterocycles. The van der Waals surface area contributed by atoms with Gasteiger partial charge in [0.2, 0.25) is 0 Å². The first kappa shape index (κ1) is 13.8. The predicted molar refractivity (Wildman–Crippen MR) is 80.4 cm³/mol. The van der Waals surface area contributed by atoms with Crippen LogP contribution in [0, 0.1) is 0 Å². The Morgan fingerprint density at radius 1 is 1.33 bits per heavy atom. The van der Waals surface area contributed by atoms with Crippen LogP contribution in [0.5, 0.6) is 0 Å². The maximum Gasteiger partial charge on any atom is 0.0787 e. The lowest BCUT2D eigenvalue weighted by Crippen LogP contribution is -2.44. The fourth-order valence-corrected chi connectivity index (χ4v) is 3.52. The Morgan fingerprint density at radius 3 is 2.61 bits per heavy atom. The van der Waals surface area contributed by atoms with Crippen molar-refractivity contribution in [3.05, 3.63) is 29.8 Å². The summed E-state index contributed by atoms with van der Waals surface area (Å²) in [7, 11) is 0. The van der Waals surface area contributed by atoms with E-state index in [1.807, 2.05) is 6.92 Å². The van der Waals surface area contributed by atoms with Crippen LogP contribution in [-0.2, 0) is 0 Å². The normalized spacial score (nSPS) is 26.1. The van der Waals surface area contributed by atoms with E-state index in [1.165, 1.54) is 11.4 Å². The van der Waals surface area contributed by atoms with Gasteiger partial charge in [-0.15, -0.1) is 0 Å². The van der Waals surface area contributed by atoms with Gasteiger partial charge in [-0.1, -0.05) is 26.0 Å². The molecule has 0 radical (unpaired) electrons. The number of nitrogens with zero attached hydrogens (tertiary/aromatic N) is 1. The van der Waals surface area contributed by atoms with Crippen LogP contribution in [-0.4, -0.2) is 28.7 Å². The van der Waals surface area contributed by atoms with Crippen LogP contribution >= 0.6 is 11.8 Å². The molecule has 1 aliphatic rings. The zero-order valence-corrected chi connectivity index (χ0v) is 12.3. The Hall–Kier alpha value is -0.670. The van der Waals surface area contributed by atoms with E-state index in [-0.39, 0.29) is 6.10 Å². The second kappa shape index (κ2) is 5.98. The summed E-state index contributed by atoms with van der Waals surface area (Å²) >= 11 is 2.05. The molecule has 3 atom stereocenters. The minimum absolute atomic E-state index is 0.327. The molecule has 0 saturated carbocycles. The lowest BCUT2D eigenvalue weighted by atomic mass is 10.1. The zero-order chi connectivity index (χ0) is 13.1. The molecule has 18 heavy (non-hydrogen) atoms. The van der Waals surface area contributed by atoms with E-state index < -0.39 is 0 Å². The van der Waals surface area contributed by atoms with Gasteiger partial charge in [0, 0.05) is 29.3 Å². The first-order chi connectivity index (χ1) is 8.63. The molecule has 0 amide bonds. The Morgan fingerprint density at radius 2 is 2.00 bits per heavy atom. The molecule has 0 aromatic heterocycles. The van der Waals surface area contributed by atoms with E-state index in [2.05, 4.69) is 54.8 Å². The Kier molecular flexibility index (Phi) is 4.57. The number of rotatable bonds is 3. The lowest BCUT2D eigenvalue weighted by molar-refractivity contribution is 0.173. The number of anilines is 1. The number of benzene rings is 1. The van der Waals surface area contributed by atoms with Gasteiger partial charge in [0.05, 0.1) is 6.10 Å². The fourth-order valence-electron chi connectivity index (χ4n) is 2.42. The molecule has 0 aliphatic carbocycles. The first-order valence-corrected chi connectivity index (χ1v) is 7.84. The molecular weight excluding hydrogens is 242 g/mol. The highest BCUT2D eigenvalue weighted by molar-refractivity contribution is 8.00. The second-order valence-electron chi connectivity index (χ2n) is 5.03. The molecule has 100 valence electrons. The molecule has 2 nitrogen and oxygen atoms in total. The number of hydrogen-bond donors (Lipinski definition) is 1. The van der Waals surface area contributed by atoms with E-state index in [0.29, 0.717) is 11.3 Å². The third kappa shape index (κ3) is 2.83. The van der Waals surface area contributed by atoms with Crippen LogP contribution in [0.2, 0.25) is 0 Å². The van der Waals surface area contributed by atoms with E-state index in [1.54, 1.807) is 0 Å². The minimum Gasteiger partial charge on any atom is -0.388 e. The van der Waals surface area contributed by atoms with Gasteiger partial charge < -0.3 is 10.0 Å². The summed E-state index contributed by atoms with van der Waals surface area (Å²) in [6, 6.07) is 8.98. The zero-order valence-electron chi connectivity index (χ0n) is 11.5. The van der Waals surface area contributed by atoms with Crippen LogP contribution in [0.3, 0.4) is 0 Å². The quantitative estimate of drug-likeness (QED) is 0.905. The Labute approximate surface area is 114 Å². The van der Waals surface area contributed by atoms with E-state index in [4.69, 9.17) is 0 Å². The third-order valence-corrected chi connectivity index (χ3v) is 5.22. The van der Waals surface area contributed by atoms with E-state index in [0.717, 1.165) is 18.5 Å². The van der Waals surface area contributed by atoms with Gasteiger partial charge in [0.15, 0.2) is 0 Å². The smallest absolute Gasteiger partial charge is 0.0787 e. The SMILES string of the molecule is CC[C@@H](O)c1ccc(N2CCSC(C)C2C)cc1. The van der Waals surface area contributed by atoms with Crippen molar-refractivity contribution < 1.29 is 5.11 Å². The summed E-state index contributed by atoms with van der Waals surface area (Å²) < 4.78 is 0. The van der Waals surface area contributed by atoms with E-state index >= 15 is 0 Å². The molecular formula is C15H23NOS. The average molecular weight is 265 g/mol. The van der Waals surface area contributed by atoms with Gasteiger partial charge in [0.1, 0.15) is 0 Å². The molecule has 0 bridgehead atoms. The summed E-state index contributed by atoms with van der Waals surface area (Å²) in [6.45, 7) is 7.72. The molecule has 1 aliphatic heterocycles. The van der Waals surface area contributed by atoms with Crippen LogP contribution < -0.4 is 4.90 Å². The molecule has 2 unspecified atom stereocenters. The molecule has 1 aromatic carbocycles. The summed E-state index contributed by atoms with van der Waals surface area (Å²) in [4.78, 5) is 2.48. The summed E-state index contributed by atoms with van der Waals surface area (Å²) in [5.41, 5.74) is 2.30. The van der Waals surface area contributed by atoms with Crippen molar-refractivity contribution in [3.8, 4) is 0 Å². The Bertz CT molecular complexity index is 379. The third-order valence-electron chi connectivity index (χ3n) is 3.88. The van der Waals surface area contributed by atoms with Gasteiger partial charge in [0.25, 0.3) is 0 Å². The summed E-state index contributed by atoms with van der Waals surface area (Å²) in [5, 5.41) is 10.5. The maximum absolute atomic E-state index is 9.81. The highest BCUT2D eigenvalue weighted by Gasteiger charge is 2.25. The topological polar surface area (TPSA) is 23.5 Å². The summed E-state index contributed by atoms with van der Waals surface area (Å²) in [6.07, 6.45) is 0.444. The molecule has 1 N–H and O–H groups in total. The lowest BCUT2D eigenvalue weighted by Gasteiger charge is -2.39. The van der Waals surface area contributed by atoms with Gasteiger partial charge in [-0.25, -0.2) is 0 Å². The number of aliphatic hydroxyl groups is 1. The van der Waals surface area contributed by atoms with Crippen molar-refractivity contribution in [2.75, 3.05) is 17.2 Å². The van der Waals surface area contributed by atoms with Crippen molar-refractivity contribution >= 4 is 17.4 Å². The van der Waals surface area contributed by atoms with Crippen LogP contribution in [0.4, 0.5) is 5.69 Å². The molecule has 2 rings (SSSR count). The van der Waals surface area contributed by atoms with Crippen molar-refractivity contribution in [2.24, 2.45) is 0 Å². The van der Waals surface area contributed by atoms with Crippen LogP contribution in [0.15, 0.2) is 24.3 Å². The van der Waals surface area contributed by atoms with Gasteiger partial charge in [-0.3, -0.25) is 0 Å². The van der Waals surface area contributed by atoms with E-state index in [9.17, 15) is 5.11 Å². The molecule has 1 saturated heterocycles. The number of thioether (sulfide) groups is 1. The second-order valence-corrected chi connectivity index (χ2v) is 6.51. The molecule has 0 spiro atoms. The maximum atomic E-state index is 9.81. The number of aliphatic hydroxyl groups excluding tert-OH is 1. The van der Waals surface area contributed by atoms with Crippen molar-refractivity contribution in [2.45, 2.75) is 44.6 Å². The predicted octanol–water partition coefficient (Wildman–Crippen LogP) is 3.46. The number of hydrogen-bond acceptors (Lipinski definition) is 3. The van der Waals surface area contributed by atoms with Crippen LogP contribution in [0.25, 0.3) is 0 Å². The molecule has 1 aromatic rings. The van der Waals surface area contributed by atoms with Crippen molar-refractivity contribution in [1.82, 2.24) is 0 Å². The summed E-state index contributed by atoms with van der Waals surface area (Å²) in [5.74, 6) is 1.20. The highest BCUT2D eigenvalue weighted by atomic mass is 32.2. The first-order valence-electron chi connectivity index (χ1n) is 6.79. The largest absolute Gasteiger partial charge is 0.388 e. The molecule has 3 heteroatoms. The van der Waals surface area contributed by atoms with Gasteiger partial charge in [-0.05, 0) is 31.0 Å². The highest BCUT2D eigenvalue weighted by Crippen LogP contribution is 2.29. The Balaban J connectivity index is 2.13. The van der Waals surface area contributed by atoms with Gasteiger partial charge in [-0.2, -0.15) is 11.8 Å². The van der Waals surface area contributed by atoms with Crippen molar-refractivity contribution in [3.63, 3.8) is 0 Å². The fraction of sp³-hybridized carbons (Fsp3) is 0.600. The molecule has 1 fully saturated rings. The minimum atomic E-state index is -0.327. The van der Waals surface area contributed by atoms with Gasteiger partial charge >= 0.3 is 0 Å². The standard InChI is InChI=1S/C15H23NOS/c1-4-15(17)13-5-7-14(8-6-13)16-9-10-18-12(3)11(16)2/h5-8,11-12,15,17H,4,9-10H2,1-3H3/t11?,12?,15-/m1/s1.